The van der Waals surface area contributed by atoms with Gasteiger partial charge in [-0.3, -0.25) is 0 Å². The standard InChI is InChI=1S/C16H18FN3/c1-19-13-9-20(10-13)15-8-12(18)7-14(16(15)17)11-5-3-2-4-6-11/h2-8,13,19H,9-10,18H2,1H3. The molecule has 0 radical (unpaired) electrons. The van der Waals surface area contributed by atoms with Gasteiger partial charge in [0.05, 0.1) is 5.69 Å². The van der Waals surface area contributed by atoms with Crippen LogP contribution in [0.25, 0.3) is 11.1 Å². The second-order valence-corrected chi connectivity index (χ2v) is 5.16. The molecular formula is C16H18FN3. The number of hydrogen-bond acceptors (Lipinski definition) is 3. The lowest BCUT2D eigenvalue weighted by Gasteiger charge is -2.41. The Morgan fingerprint density at radius 2 is 1.90 bits per heavy atom. The molecule has 2 aromatic rings. The summed E-state index contributed by atoms with van der Waals surface area (Å²) in [6.07, 6.45) is 0. The number of anilines is 2. The summed E-state index contributed by atoms with van der Waals surface area (Å²) in [5, 5.41) is 3.19. The van der Waals surface area contributed by atoms with E-state index in [1.54, 1.807) is 12.1 Å². The number of rotatable bonds is 3. The zero-order valence-electron chi connectivity index (χ0n) is 11.4. The molecule has 1 heterocycles. The molecule has 20 heavy (non-hydrogen) atoms. The first-order valence-corrected chi connectivity index (χ1v) is 6.75. The highest BCUT2D eigenvalue weighted by Crippen LogP contribution is 2.34. The molecule has 1 aliphatic rings. The monoisotopic (exact) mass is 271 g/mol. The maximum Gasteiger partial charge on any atom is 0.154 e. The van der Waals surface area contributed by atoms with E-state index in [0.717, 1.165) is 18.7 Å². The van der Waals surface area contributed by atoms with Gasteiger partial charge in [-0.2, -0.15) is 0 Å². The van der Waals surface area contributed by atoms with Crippen LogP contribution in [0.15, 0.2) is 42.5 Å². The Morgan fingerprint density at radius 1 is 1.20 bits per heavy atom. The van der Waals surface area contributed by atoms with E-state index in [-0.39, 0.29) is 5.82 Å². The van der Waals surface area contributed by atoms with Gasteiger partial charge in [-0.1, -0.05) is 30.3 Å². The number of nitrogens with zero attached hydrogens (tertiary/aromatic N) is 1. The van der Waals surface area contributed by atoms with Crippen LogP contribution in [0.4, 0.5) is 15.8 Å². The Balaban J connectivity index is 1.99. The fourth-order valence-corrected chi connectivity index (χ4v) is 2.55. The Kier molecular flexibility index (Phi) is 3.32. The van der Waals surface area contributed by atoms with Crippen molar-refractivity contribution in [3.63, 3.8) is 0 Å². The number of nitrogens with one attached hydrogen (secondary N) is 1. The minimum absolute atomic E-state index is 0.194. The van der Waals surface area contributed by atoms with Crippen molar-refractivity contribution in [2.24, 2.45) is 0 Å². The molecule has 0 atom stereocenters. The minimum atomic E-state index is -0.194. The first-order chi connectivity index (χ1) is 9.69. The van der Waals surface area contributed by atoms with Gasteiger partial charge >= 0.3 is 0 Å². The number of hydrogen-bond donors (Lipinski definition) is 2. The van der Waals surface area contributed by atoms with E-state index >= 15 is 0 Å². The van der Waals surface area contributed by atoms with Gasteiger partial charge in [0.2, 0.25) is 0 Å². The zero-order chi connectivity index (χ0) is 14.1. The van der Waals surface area contributed by atoms with Crippen molar-refractivity contribution < 1.29 is 4.39 Å². The third-order valence-electron chi connectivity index (χ3n) is 3.79. The first-order valence-electron chi connectivity index (χ1n) is 6.75. The summed E-state index contributed by atoms with van der Waals surface area (Å²) >= 11 is 0. The summed E-state index contributed by atoms with van der Waals surface area (Å²) in [5.74, 6) is -0.194. The topological polar surface area (TPSA) is 41.3 Å². The molecule has 0 unspecified atom stereocenters. The fraction of sp³-hybridized carbons (Fsp3) is 0.250. The molecular weight excluding hydrogens is 253 g/mol. The molecule has 2 aromatic carbocycles. The third kappa shape index (κ3) is 2.23. The highest BCUT2D eigenvalue weighted by Gasteiger charge is 2.28. The van der Waals surface area contributed by atoms with Crippen molar-refractivity contribution in [1.82, 2.24) is 5.32 Å². The van der Waals surface area contributed by atoms with Crippen molar-refractivity contribution in [1.29, 1.82) is 0 Å². The molecule has 1 aliphatic heterocycles. The van der Waals surface area contributed by atoms with Gasteiger partial charge in [0.15, 0.2) is 5.82 Å². The number of nitrogens with two attached hydrogens (primary N) is 1. The maximum atomic E-state index is 14.7. The van der Waals surface area contributed by atoms with Crippen LogP contribution in [-0.4, -0.2) is 26.2 Å². The molecule has 104 valence electrons. The van der Waals surface area contributed by atoms with Crippen LogP contribution in [0.5, 0.6) is 0 Å². The van der Waals surface area contributed by atoms with Crippen LogP contribution in [0.1, 0.15) is 0 Å². The molecule has 1 saturated heterocycles. The first kappa shape index (κ1) is 12.9. The summed E-state index contributed by atoms with van der Waals surface area (Å²) in [6.45, 7) is 1.62. The molecule has 0 bridgehead atoms. The fourth-order valence-electron chi connectivity index (χ4n) is 2.55. The van der Waals surface area contributed by atoms with E-state index in [0.29, 0.717) is 23.0 Å². The highest BCUT2D eigenvalue weighted by atomic mass is 19.1. The Bertz CT molecular complexity index is 607. The molecule has 3 nitrogen and oxygen atoms in total. The van der Waals surface area contributed by atoms with Gasteiger partial charge in [-0.15, -0.1) is 0 Å². The normalized spacial score (nSPS) is 15.2. The summed E-state index contributed by atoms with van der Waals surface area (Å²) in [6, 6.07) is 13.4. The second-order valence-electron chi connectivity index (χ2n) is 5.16. The molecule has 0 spiro atoms. The number of halogens is 1. The van der Waals surface area contributed by atoms with E-state index in [2.05, 4.69) is 5.32 Å². The molecule has 4 heteroatoms. The summed E-state index contributed by atoms with van der Waals surface area (Å²) in [5.41, 5.74) is 8.54. The van der Waals surface area contributed by atoms with Crippen LogP contribution in [0.2, 0.25) is 0 Å². The van der Waals surface area contributed by atoms with Crippen molar-refractivity contribution in [3.8, 4) is 11.1 Å². The van der Waals surface area contributed by atoms with Gasteiger partial charge in [-0.25, -0.2) is 4.39 Å². The van der Waals surface area contributed by atoms with Gasteiger partial charge in [0, 0.05) is 30.4 Å². The van der Waals surface area contributed by atoms with E-state index in [1.807, 2.05) is 42.3 Å². The van der Waals surface area contributed by atoms with Crippen LogP contribution < -0.4 is 16.0 Å². The average Bonchev–Trinajstić information content (AvgIpc) is 2.42. The second kappa shape index (κ2) is 5.13. The van der Waals surface area contributed by atoms with Gasteiger partial charge < -0.3 is 16.0 Å². The lowest BCUT2D eigenvalue weighted by Crippen LogP contribution is -2.57. The van der Waals surface area contributed by atoms with Crippen molar-refractivity contribution in [2.75, 3.05) is 30.8 Å². The zero-order valence-corrected chi connectivity index (χ0v) is 11.4. The van der Waals surface area contributed by atoms with Crippen LogP contribution in [0.3, 0.4) is 0 Å². The minimum Gasteiger partial charge on any atom is -0.399 e. The highest BCUT2D eigenvalue weighted by molar-refractivity contribution is 5.75. The van der Waals surface area contributed by atoms with Gasteiger partial charge in [0.1, 0.15) is 0 Å². The Morgan fingerprint density at radius 3 is 2.55 bits per heavy atom. The van der Waals surface area contributed by atoms with Gasteiger partial charge in [0.25, 0.3) is 0 Å². The van der Waals surface area contributed by atoms with E-state index in [4.69, 9.17) is 5.73 Å². The summed E-state index contributed by atoms with van der Waals surface area (Å²) in [4.78, 5) is 2.01. The van der Waals surface area contributed by atoms with E-state index in [9.17, 15) is 4.39 Å². The van der Waals surface area contributed by atoms with Crippen LogP contribution in [0, 0.1) is 5.82 Å². The predicted molar refractivity (Wildman–Crippen MR) is 81.3 cm³/mol. The Hall–Kier alpha value is -2.07. The molecule has 0 amide bonds. The molecule has 3 rings (SSSR count). The maximum absolute atomic E-state index is 14.7. The summed E-state index contributed by atoms with van der Waals surface area (Å²) < 4.78 is 14.7. The lowest BCUT2D eigenvalue weighted by molar-refractivity contribution is 0.444. The number of nitrogen functional groups attached to an aromatic ring is 1. The smallest absolute Gasteiger partial charge is 0.154 e. The van der Waals surface area contributed by atoms with Crippen molar-refractivity contribution in [3.05, 3.63) is 48.3 Å². The van der Waals surface area contributed by atoms with E-state index in [1.165, 1.54) is 0 Å². The number of benzene rings is 2. The molecule has 0 aliphatic carbocycles. The predicted octanol–water partition coefficient (Wildman–Crippen LogP) is 2.48. The van der Waals surface area contributed by atoms with Gasteiger partial charge in [-0.05, 0) is 24.7 Å². The molecule has 1 fully saturated rings. The Labute approximate surface area is 118 Å². The van der Waals surface area contributed by atoms with Crippen LogP contribution in [-0.2, 0) is 0 Å². The SMILES string of the molecule is CNC1CN(c2cc(N)cc(-c3ccccc3)c2F)C1. The average molecular weight is 271 g/mol. The van der Waals surface area contributed by atoms with Crippen LogP contribution >= 0.6 is 0 Å². The number of likely N-dealkylation sites (N-methyl/N-ethyl adjacent to an activating group) is 1. The molecule has 0 aromatic heterocycles. The lowest BCUT2D eigenvalue weighted by atomic mass is 10.0. The summed E-state index contributed by atoms with van der Waals surface area (Å²) in [7, 11) is 1.92. The van der Waals surface area contributed by atoms with Crippen molar-refractivity contribution >= 4 is 11.4 Å². The largest absolute Gasteiger partial charge is 0.399 e. The molecule has 3 N–H and O–H groups in total. The quantitative estimate of drug-likeness (QED) is 0.843. The van der Waals surface area contributed by atoms with Crippen molar-refractivity contribution in [2.45, 2.75) is 6.04 Å². The van der Waals surface area contributed by atoms with E-state index < -0.39 is 0 Å². The third-order valence-corrected chi connectivity index (χ3v) is 3.79. The molecule has 0 saturated carbocycles.